The molecule has 0 aliphatic rings. The number of carbonyl (C=O) groups excluding carboxylic acids is 1. The predicted molar refractivity (Wildman–Crippen MR) is 110 cm³/mol. The summed E-state index contributed by atoms with van der Waals surface area (Å²) in [5.74, 6) is -0.283. The lowest BCUT2D eigenvalue weighted by Crippen LogP contribution is -2.05. The number of aryl methyl sites for hydroxylation is 1. The Kier molecular flexibility index (Phi) is 5.82. The van der Waals surface area contributed by atoms with Crippen molar-refractivity contribution in [3.05, 3.63) is 51.1 Å². The molecule has 2 aromatic heterocycles. The van der Waals surface area contributed by atoms with E-state index in [0.717, 1.165) is 17.5 Å². The minimum atomic E-state index is -0.421. The van der Waals surface area contributed by atoms with Gasteiger partial charge in [0.1, 0.15) is 5.69 Å². The third-order valence-electron chi connectivity index (χ3n) is 4.05. The fourth-order valence-corrected chi connectivity index (χ4v) is 3.40. The maximum atomic E-state index is 12.6. The smallest absolute Gasteiger partial charge is 0.340 e. The fraction of sp³-hybridized carbons (Fsp3) is 0.211. The number of nitrogens with two attached hydrogens (primary N) is 1. The number of H-pyrrole nitrogens is 1. The molecule has 0 spiro atoms. The number of aromatic nitrogens is 3. The lowest BCUT2D eigenvalue weighted by atomic mass is 10.00. The van der Waals surface area contributed by atoms with Gasteiger partial charge in [-0.05, 0) is 53.0 Å². The molecule has 6 nitrogen and oxygen atoms in total. The van der Waals surface area contributed by atoms with Crippen molar-refractivity contribution in [2.24, 2.45) is 0 Å². The number of esters is 1. The van der Waals surface area contributed by atoms with Crippen LogP contribution in [0.15, 0.2) is 34.9 Å². The lowest BCUT2D eigenvalue weighted by molar-refractivity contribution is 0.0527. The quantitative estimate of drug-likeness (QED) is 0.542. The van der Waals surface area contributed by atoms with Crippen LogP contribution in [0.4, 0.5) is 5.95 Å². The summed E-state index contributed by atoms with van der Waals surface area (Å²) in [6.07, 6.45) is 2.35. The van der Waals surface area contributed by atoms with Crippen molar-refractivity contribution in [3.8, 4) is 22.6 Å². The van der Waals surface area contributed by atoms with E-state index >= 15 is 0 Å². The number of rotatable bonds is 5. The summed E-state index contributed by atoms with van der Waals surface area (Å²) in [5.41, 5.74) is 9.85. The van der Waals surface area contributed by atoms with E-state index in [4.69, 9.17) is 22.1 Å². The molecule has 0 unspecified atom stereocenters. The lowest BCUT2D eigenvalue weighted by Gasteiger charge is -2.10. The van der Waals surface area contributed by atoms with Crippen LogP contribution >= 0.6 is 27.5 Å². The van der Waals surface area contributed by atoms with Gasteiger partial charge >= 0.3 is 5.97 Å². The Morgan fingerprint density at radius 3 is 2.81 bits per heavy atom. The standard InChI is InChI=1S/C19H18BrClN4O2/c1-3-10-5-6-11(21)7-12(10)16-13(18(26)27-4-2)8-15(24-16)17-14(20)9-23-19(22)25-17/h5-9,24H,3-4H2,1-2H3,(H2,22,23,25). The van der Waals surface area contributed by atoms with Gasteiger partial charge in [-0.2, -0.15) is 0 Å². The molecule has 140 valence electrons. The topological polar surface area (TPSA) is 93.9 Å². The molecule has 0 fully saturated rings. The van der Waals surface area contributed by atoms with E-state index in [-0.39, 0.29) is 12.6 Å². The van der Waals surface area contributed by atoms with E-state index in [9.17, 15) is 4.79 Å². The molecule has 2 heterocycles. The maximum Gasteiger partial charge on any atom is 0.340 e. The number of benzene rings is 1. The maximum absolute atomic E-state index is 12.6. The number of nitrogens with one attached hydrogen (secondary N) is 1. The van der Waals surface area contributed by atoms with Crippen LogP contribution in [0.5, 0.6) is 0 Å². The normalized spacial score (nSPS) is 10.8. The molecule has 8 heteroatoms. The van der Waals surface area contributed by atoms with Crippen molar-refractivity contribution in [2.45, 2.75) is 20.3 Å². The Morgan fingerprint density at radius 1 is 1.33 bits per heavy atom. The minimum absolute atomic E-state index is 0.138. The molecular weight excluding hydrogens is 432 g/mol. The highest BCUT2D eigenvalue weighted by atomic mass is 79.9. The highest BCUT2D eigenvalue weighted by molar-refractivity contribution is 9.10. The number of hydrogen-bond donors (Lipinski definition) is 2. The molecular formula is C19H18BrClN4O2. The highest BCUT2D eigenvalue weighted by Gasteiger charge is 2.22. The second-order valence-electron chi connectivity index (χ2n) is 5.77. The van der Waals surface area contributed by atoms with Gasteiger partial charge in [0.2, 0.25) is 5.95 Å². The number of anilines is 1. The molecule has 0 saturated heterocycles. The summed E-state index contributed by atoms with van der Waals surface area (Å²) >= 11 is 9.64. The number of nitrogen functional groups attached to an aromatic ring is 1. The first-order valence-electron chi connectivity index (χ1n) is 8.41. The van der Waals surface area contributed by atoms with Crippen LogP contribution in [-0.2, 0) is 11.2 Å². The fourth-order valence-electron chi connectivity index (χ4n) is 2.82. The van der Waals surface area contributed by atoms with Gasteiger partial charge in [0.05, 0.1) is 28.0 Å². The van der Waals surface area contributed by atoms with Crippen LogP contribution in [0.1, 0.15) is 29.8 Å². The van der Waals surface area contributed by atoms with Gasteiger partial charge in [0.25, 0.3) is 0 Å². The zero-order chi connectivity index (χ0) is 19.6. The van der Waals surface area contributed by atoms with Crippen molar-refractivity contribution in [2.75, 3.05) is 12.3 Å². The molecule has 0 amide bonds. The molecule has 0 aliphatic heterocycles. The van der Waals surface area contributed by atoms with Crippen LogP contribution < -0.4 is 5.73 Å². The van der Waals surface area contributed by atoms with Crippen molar-refractivity contribution in [1.29, 1.82) is 0 Å². The molecule has 3 rings (SSSR count). The molecule has 3 aromatic rings. The van der Waals surface area contributed by atoms with E-state index < -0.39 is 5.97 Å². The largest absolute Gasteiger partial charge is 0.462 e. The summed E-state index contributed by atoms with van der Waals surface area (Å²) in [4.78, 5) is 24.1. The van der Waals surface area contributed by atoms with E-state index in [0.29, 0.717) is 32.1 Å². The van der Waals surface area contributed by atoms with Crippen molar-refractivity contribution in [3.63, 3.8) is 0 Å². The Morgan fingerprint density at radius 2 is 2.11 bits per heavy atom. The third kappa shape index (κ3) is 3.99. The monoisotopic (exact) mass is 448 g/mol. The Balaban J connectivity index is 2.24. The molecule has 3 N–H and O–H groups in total. The summed E-state index contributed by atoms with van der Waals surface area (Å²) in [7, 11) is 0. The van der Waals surface area contributed by atoms with Gasteiger partial charge in [-0.3, -0.25) is 0 Å². The van der Waals surface area contributed by atoms with Gasteiger partial charge in [-0.1, -0.05) is 24.6 Å². The number of carbonyl (C=O) groups is 1. The second-order valence-corrected chi connectivity index (χ2v) is 7.06. The van der Waals surface area contributed by atoms with Crippen molar-refractivity contribution >= 4 is 39.4 Å². The SMILES string of the molecule is CCOC(=O)c1cc(-c2nc(N)ncc2Br)[nH]c1-c1cc(Cl)ccc1CC. The first-order chi connectivity index (χ1) is 12.9. The van der Waals surface area contributed by atoms with Gasteiger partial charge in [-0.25, -0.2) is 14.8 Å². The average Bonchev–Trinajstić information content (AvgIpc) is 3.09. The average molecular weight is 450 g/mol. The molecule has 0 bridgehead atoms. The van der Waals surface area contributed by atoms with Crippen LogP contribution in [0.2, 0.25) is 5.02 Å². The van der Waals surface area contributed by atoms with Gasteiger partial charge in [-0.15, -0.1) is 0 Å². The zero-order valence-corrected chi connectivity index (χ0v) is 17.2. The van der Waals surface area contributed by atoms with Crippen molar-refractivity contribution in [1.82, 2.24) is 15.0 Å². The van der Waals surface area contributed by atoms with E-state index in [2.05, 4.69) is 30.9 Å². The predicted octanol–water partition coefficient (Wildman–Crippen LogP) is 4.88. The summed E-state index contributed by atoms with van der Waals surface area (Å²) in [5, 5.41) is 0.584. The third-order valence-corrected chi connectivity index (χ3v) is 4.87. The number of ether oxygens (including phenoxy) is 1. The molecule has 27 heavy (non-hydrogen) atoms. The first-order valence-corrected chi connectivity index (χ1v) is 9.59. The number of aromatic amines is 1. The minimum Gasteiger partial charge on any atom is -0.462 e. The number of halogens is 2. The summed E-state index contributed by atoms with van der Waals surface area (Å²) in [6.45, 7) is 4.09. The highest BCUT2D eigenvalue weighted by Crippen LogP contribution is 2.35. The summed E-state index contributed by atoms with van der Waals surface area (Å²) in [6, 6.07) is 7.33. The van der Waals surface area contributed by atoms with E-state index in [1.807, 2.05) is 25.1 Å². The molecule has 0 aliphatic carbocycles. The first kappa shape index (κ1) is 19.4. The van der Waals surface area contributed by atoms with Crippen molar-refractivity contribution < 1.29 is 9.53 Å². The van der Waals surface area contributed by atoms with Crippen LogP contribution in [-0.4, -0.2) is 27.5 Å². The Bertz CT molecular complexity index is 1000. The molecule has 0 radical (unpaired) electrons. The number of nitrogens with zero attached hydrogens (tertiary/aromatic N) is 2. The Hall–Kier alpha value is -2.38. The van der Waals surface area contributed by atoms with Gasteiger partial charge in [0.15, 0.2) is 0 Å². The van der Waals surface area contributed by atoms with Gasteiger partial charge < -0.3 is 15.5 Å². The molecule has 0 atom stereocenters. The van der Waals surface area contributed by atoms with Crippen LogP contribution in [0.3, 0.4) is 0 Å². The van der Waals surface area contributed by atoms with E-state index in [1.165, 1.54) is 0 Å². The van der Waals surface area contributed by atoms with Gasteiger partial charge in [0, 0.05) is 16.8 Å². The molecule has 0 saturated carbocycles. The number of hydrogen-bond acceptors (Lipinski definition) is 5. The molecule has 1 aromatic carbocycles. The zero-order valence-electron chi connectivity index (χ0n) is 14.8. The van der Waals surface area contributed by atoms with Crippen LogP contribution in [0, 0.1) is 0 Å². The van der Waals surface area contributed by atoms with Crippen LogP contribution in [0.25, 0.3) is 22.6 Å². The second kappa shape index (κ2) is 8.10. The Labute approximate surface area is 170 Å². The van der Waals surface area contributed by atoms with E-state index in [1.54, 1.807) is 19.2 Å². The summed E-state index contributed by atoms with van der Waals surface area (Å²) < 4.78 is 5.89.